The van der Waals surface area contributed by atoms with Gasteiger partial charge >= 0.3 is 0 Å². The number of nitrogens with zero attached hydrogens (tertiary/aromatic N) is 1. The number of rotatable bonds is 8. The van der Waals surface area contributed by atoms with Crippen molar-refractivity contribution in [3.8, 4) is 5.75 Å². The van der Waals surface area contributed by atoms with Crippen LogP contribution >= 0.6 is 0 Å². The highest BCUT2D eigenvalue weighted by molar-refractivity contribution is 5.77. The fourth-order valence-electron chi connectivity index (χ4n) is 3.38. The van der Waals surface area contributed by atoms with Crippen molar-refractivity contribution in [2.75, 3.05) is 39.5 Å². The molecule has 0 spiro atoms. The smallest absolute Gasteiger partial charge is 0.258 e. The molecular formula is C23H30N2O3. The molecule has 3 rings (SSSR count). The largest absolute Gasteiger partial charge is 0.484 e. The van der Waals surface area contributed by atoms with E-state index in [9.17, 15) is 4.79 Å². The molecule has 1 fully saturated rings. The van der Waals surface area contributed by atoms with Crippen molar-refractivity contribution in [2.45, 2.75) is 25.8 Å². The minimum atomic E-state index is -0.110. The Balaban J connectivity index is 1.61. The molecule has 1 aliphatic heterocycles. The van der Waals surface area contributed by atoms with Gasteiger partial charge in [-0.15, -0.1) is 0 Å². The molecule has 5 nitrogen and oxygen atoms in total. The molecule has 5 heteroatoms. The minimum Gasteiger partial charge on any atom is -0.484 e. The summed E-state index contributed by atoms with van der Waals surface area (Å²) in [4.78, 5) is 14.7. The Kier molecular flexibility index (Phi) is 7.46. The van der Waals surface area contributed by atoms with Gasteiger partial charge in [-0.3, -0.25) is 9.69 Å². The summed E-state index contributed by atoms with van der Waals surface area (Å²) in [6, 6.07) is 18.3. The van der Waals surface area contributed by atoms with Gasteiger partial charge in [0, 0.05) is 19.6 Å². The van der Waals surface area contributed by atoms with E-state index in [0.29, 0.717) is 18.2 Å². The minimum absolute atomic E-state index is 0.0200. The molecule has 2 aromatic carbocycles. The quantitative estimate of drug-likeness (QED) is 0.760. The Morgan fingerprint density at radius 3 is 2.32 bits per heavy atom. The topological polar surface area (TPSA) is 50.8 Å². The van der Waals surface area contributed by atoms with E-state index in [1.807, 2.05) is 30.3 Å². The molecule has 0 aromatic heterocycles. The zero-order chi connectivity index (χ0) is 19.8. The van der Waals surface area contributed by atoms with Crippen molar-refractivity contribution >= 4 is 5.91 Å². The Labute approximate surface area is 167 Å². The second-order valence-electron chi connectivity index (χ2n) is 7.39. The molecule has 0 aliphatic carbocycles. The van der Waals surface area contributed by atoms with Crippen LogP contribution in [0.15, 0.2) is 54.6 Å². The molecule has 0 unspecified atom stereocenters. The predicted octanol–water partition coefficient (Wildman–Crippen LogP) is 3.38. The van der Waals surface area contributed by atoms with Gasteiger partial charge in [-0.05, 0) is 29.2 Å². The molecular weight excluding hydrogens is 352 g/mol. The molecule has 0 saturated carbocycles. The van der Waals surface area contributed by atoms with Gasteiger partial charge in [0.15, 0.2) is 6.61 Å². The van der Waals surface area contributed by atoms with Gasteiger partial charge in [0.2, 0.25) is 0 Å². The molecule has 150 valence electrons. The summed E-state index contributed by atoms with van der Waals surface area (Å²) in [6.07, 6.45) is 0. The van der Waals surface area contributed by atoms with Crippen molar-refractivity contribution in [1.82, 2.24) is 10.2 Å². The number of morpholine rings is 1. The SMILES string of the molecule is CC(C)c1ccc([C@@H](CNC(=O)COc2ccccc2)N2CCOCC2)cc1. The third-order valence-electron chi connectivity index (χ3n) is 5.08. The molecule has 1 amide bonds. The highest BCUT2D eigenvalue weighted by Crippen LogP contribution is 2.24. The van der Waals surface area contributed by atoms with Crippen LogP contribution in [-0.2, 0) is 9.53 Å². The van der Waals surface area contributed by atoms with Crippen LogP contribution in [0.1, 0.15) is 36.9 Å². The van der Waals surface area contributed by atoms with E-state index < -0.39 is 0 Å². The normalized spacial score (nSPS) is 16.0. The number of carbonyl (C=O) groups excluding carboxylic acids is 1. The third-order valence-corrected chi connectivity index (χ3v) is 5.08. The van der Waals surface area contributed by atoms with E-state index >= 15 is 0 Å². The molecule has 0 radical (unpaired) electrons. The standard InChI is InChI=1S/C23H30N2O3/c1-18(2)19-8-10-20(11-9-19)22(25-12-14-27-15-13-25)16-24-23(26)17-28-21-6-4-3-5-7-21/h3-11,18,22H,12-17H2,1-2H3,(H,24,26)/t22-/m1/s1. The second-order valence-corrected chi connectivity index (χ2v) is 7.39. The first-order valence-corrected chi connectivity index (χ1v) is 9.99. The number of hydrogen-bond donors (Lipinski definition) is 1. The van der Waals surface area contributed by atoms with E-state index in [4.69, 9.17) is 9.47 Å². The van der Waals surface area contributed by atoms with E-state index in [0.717, 1.165) is 26.3 Å². The Morgan fingerprint density at radius 1 is 1.04 bits per heavy atom. The lowest BCUT2D eigenvalue weighted by molar-refractivity contribution is -0.123. The number of hydrogen-bond acceptors (Lipinski definition) is 4. The average molecular weight is 383 g/mol. The molecule has 1 saturated heterocycles. The van der Waals surface area contributed by atoms with Crippen LogP contribution in [0, 0.1) is 0 Å². The molecule has 1 heterocycles. The molecule has 1 aliphatic rings. The van der Waals surface area contributed by atoms with Crippen molar-refractivity contribution in [2.24, 2.45) is 0 Å². The molecule has 1 N–H and O–H groups in total. The summed E-state index contributed by atoms with van der Waals surface area (Å²) in [6.45, 7) is 8.16. The fraction of sp³-hybridized carbons (Fsp3) is 0.435. The van der Waals surface area contributed by atoms with Crippen LogP contribution in [0.3, 0.4) is 0 Å². The van der Waals surface area contributed by atoms with Gasteiger partial charge < -0.3 is 14.8 Å². The summed E-state index contributed by atoms with van der Waals surface area (Å²) >= 11 is 0. The zero-order valence-corrected chi connectivity index (χ0v) is 16.8. The maximum Gasteiger partial charge on any atom is 0.258 e. The monoisotopic (exact) mass is 382 g/mol. The predicted molar refractivity (Wildman–Crippen MR) is 111 cm³/mol. The Bertz CT molecular complexity index is 725. The Morgan fingerprint density at radius 2 is 1.68 bits per heavy atom. The number of amides is 1. The summed E-state index contributed by atoms with van der Waals surface area (Å²) < 4.78 is 11.0. The molecule has 2 aromatic rings. The lowest BCUT2D eigenvalue weighted by Crippen LogP contribution is -2.44. The van der Waals surface area contributed by atoms with Crippen LogP contribution < -0.4 is 10.1 Å². The summed E-state index contributed by atoms with van der Waals surface area (Å²) in [5.74, 6) is 1.10. The highest BCUT2D eigenvalue weighted by atomic mass is 16.5. The first-order valence-electron chi connectivity index (χ1n) is 9.99. The van der Waals surface area contributed by atoms with Crippen LogP contribution in [0.2, 0.25) is 0 Å². The summed E-state index contributed by atoms with van der Waals surface area (Å²) in [7, 11) is 0. The van der Waals surface area contributed by atoms with Crippen molar-refractivity contribution in [1.29, 1.82) is 0 Å². The first kappa shape index (κ1) is 20.4. The van der Waals surface area contributed by atoms with Gasteiger partial charge in [0.25, 0.3) is 5.91 Å². The van der Waals surface area contributed by atoms with Gasteiger partial charge in [-0.25, -0.2) is 0 Å². The van der Waals surface area contributed by atoms with E-state index in [-0.39, 0.29) is 18.6 Å². The number of benzene rings is 2. The Hall–Kier alpha value is -2.37. The van der Waals surface area contributed by atoms with E-state index in [1.54, 1.807) is 0 Å². The molecule has 0 bridgehead atoms. The number of carbonyl (C=O) groups is 1. The third kappa shape index (κ3) is 5.81. The lowest BCUT2D eigenvalue weighted by atomic mass is 9.98. The van der Waals surface area contributed by atoms with E-state index in [2.05, 4.69) is 48.3 Å². The number of para-hydroxylation sites is 1. The first-order chi connectivity index (χ1) is 13.6. The van der Waals surface area contributed by atoms with Crippen molar-refractivity contribution < 1.29 is 14.3 Å². The van der Waals surface area contributed by atoms with Gasteiger partial charge in [-0.2, -0.15) is 0 Å². The maximum absolute atomic E-state index is 12.3. The molecule has 1 atom stereocenters. The summed E-state index contributed by atoms with van der Waals surface area (Å²) in [5.41, 5.74) is 2.54. The number of nitrogens with one attached hydrogen (secondary N) is 1. The van der Waals surface area contributed by atoms with Gasteiger partial charge in [0.1, 0.15) is 5.75 Å². The fourth-order valence-corrected chi connectivity index (χ4v) is 3.38. The van der Waals surface area contributed by atoms with Gasteiger partial charge in [-0.1, -0.05) is 56.3 Å². The van der Waals surface area contributed by atoms with Crippen LogP contribution in [-0.4, -0.2) is 50.3 Å². The second kappa shape index (κ2) is 10.2. The average Bonchev–Trinajstić information content (AvgIpc) is 2.74. The highest BCUT2D eigenvalue weighted by Gasteiger charge is 2.23. The van der Waals surface area contributed by atoms with Crippen molar-refractivity contribution in [3.05, 3.63) is 65.7 Å². The van der Waals surface area contributed by atoms with Crippen molar-refractivity contribution in [3.63, 3.8) is 0 Å². The van der Waals surface area contributed by atoms with Gasteiger partial charge in [0.05, 0.1) is 19.3 Å². The van der Waals surface area contributed by atoms with Crippen LogP contribution in [0.5, 0.6) is 5.75 Å². The molecule has 28 heavy (non-hydrogen) atoms. The lowest BCUT2D eigenvalue weighted by Gasteiger charge is -2.35. The number of ether oxygens (including phenoxy) is 2. The van der Waals surface area contributed by atoms with E-state index in [1.165, 1.54) is 11.1 Å². The maximum atomic E-state index is 12.3. The van der Waals surface area contributed by atoms with Crippen LogP contribution in [0.4, 0.5) is 0 Å². The van der Waals surface area contributed by atoms with Crippen LogP contribution in [0.25, 0.3) is 0 Å². The summed E-state index contributed by atoms with van der Waals surface area (Å²) in [5, 5.41) is 3.04. The zero-order valence-electron chi connectivity index (χ0n) is 16.8.